The van der Waals surface area contributed by atoms with Gasteiger partial charge >= 0.3 is 5.97 Å². The van der Waals surface area contributed by atoms with Crippen LogP contribution in [0.15, 0.2) is 12.4 Å². The highest BCUT2D eigenvalue weighted by atomic mass is 16.5. The Labute approximate surface area is 87.1 Å². The Morgan fingerprint density at radius 2 is 2.13 bits per heavy atom. The van der Waals surface area contributed by atoms with Crippen molar-refractivity contribution in [3.05, 3.63) is 18.2 Å². The lowest BCUT2D eigenvalue weighted by Crippen LogP contribution is -2.16. The summed E-state index contributed by atoms with van der Waals surface area (Å²) in [6.07, 6.45) is 4.90. The van der Waals surface area contributed by atoms with E-state index in [-0.39, 0.29) is 5.92 Å². The third kappa shape index (κ3) is 2.06. The molecule has 1 saturated carbocycles. The van der Waals surface area contributed by atoms with Gasteiger partial charge in [-0.1, -0.05) is 0 Å². The fourth-order valence-electron chi connectivity index (χ4n) is 1.54. The second-order valence-corrected chi connectivity index (χ2v) is 3.63. The van der Waals surface area contributed by atoms with E-state index in [1.165, 1.54) is 19.5 Å². The number of carboxylic acid groups (broad SMARTS) is 1. The minimum Gasteiger partial charge on any atom is -0.494 e. The van der Waals surface area contributed by atoms with Crippen LogP contribution in [0.2, 0.25) is 0 Å². The van der Waals surface area contributed by atoms with Crippen molar-refractivity contribution in [2.24, 2.45) is 5.92 Å². The molecule has 0 aromatic carbocycles. The number of hydrogen-bond donors (Lipinski definition) is 1. The first-order valence-corrected chi connectivity index (χ1v) is 4.81. The van der Waals surface area contributed by atoms with Crippen LogP contribution in [-0.4, -0.2) is 28.2 Å². The molecule has 5 nitrogen and oxygen atoms in total. The van der Waals surface area contributed by atoms with Crippen molar-refractivity contribution in [1.82, 2.24) is 9.97 Å². The average molecular weight is 208 g/mol. The van der Waals surface area contributed by atoms with Crippen molar-refractivity contribution < 1.29 is 14.6 Å². The Balaban J connectivity index is 2.22. The molecule has 0 saturated heterocycles. The fraction of sp³-hybridized carbons (Fsp3) is 0.500. The molecular weight excluding hydrogens is 196 g/mol. The zero-order valence-corrected chi connectivity index (χ0v) is 8.38. The lowest BCUT2D eigenvalue weighted by atomic mass is 10.0. The van der Waals surface area contributed by atoms with E-state index in [4.69, 9.17) is 9.84 Å². The zero-order valence-electron chi connectivity index (χ0n) is 8.38. The average Bonchev–Trinajstić information content (AvgIpc) is 3.03. The Bertz CT molecular complexity index is 359. The van der Waals surface area contributed by atoms with Crippen molar-refractivity contribution in [3.8, 4) is 5.75 Å². The van der Waals surface area contributed by atoms with E-state index in [1.54, 1.807) is 0 Å². The van der Waals surface area contributed by atoms with Gasteiger partial charge in [0.05, 0.1) is 19.5 Å². The van der Waals surface area contributed by atoms with Gasteiger partial charge < -0.3 is 9.84 Å². The van der Waals surface area contributed by atoms with Gasteiger partial charge in [-0.15, -0.1) is 0 Å². The maximum atomic E-state index is 11.0. The number of methoxy groups -OCH3 is 1. The van der Waals surface area contributed by atoms with Crippen LogP contribution in [0.5, 0.6) is 5.75 Å². The molecule has 5 heteroatoms. The van der Waals surface area contributed by atoms with Crippen LogP contribution in [0, 0.1) is 5.92 Å². The molecule has 2 rings (SSSR count). The Kier molecular flexibility index (Phi) is 2.53. The lowest BCUT2D eigenvalue weighted by Gasteiger charge is -2.09. The molecule has 1 N–H and O–H groups in total. The molecule has 1 heterocycles. The third-order valence-electron chi connectivity index (χ3n) is 2.52. The van der Waals surface area contributed by atoms with E-state index >= 15 is 0 Å². The van der Waals surface area contributed by atoms with Gasteiger partial charge in [-0.2, -0.15) is 0 Å². The van der Waals surface area contributed by atoms with Crippen molar-refractivity contribution in [2.75, 3.05) is 7.11 Å². The van der Waals surface area contributed by atoms with Crippen molar-refractivity contribution in [2.45, 2.75) is 18.8 Å². The van der Waals surface area contributed by atoms with Crippen LogP contribution in [0.25, 0.3) is 0 Å². The van der Waals surface area contributed by atoms with Gasteiger partial charge in [0.1, 0.15) is 11.7 Å². The molecule has 80 valence electrons. The van der Waals surface area contributed by atoms with Gasteiger partial charge in [-0.3, -0.25) is 4.79 Å². The molecule has 1 aromatic heterocycles. The minimum atomic E-state index is -0.845. The summed E-state index contributed by atoms with van der Waals surface area (Å²) in [6, 6.07) is 0. The predicted octanol–water partition coefficient (Wildman–Crippen LogP) is 1.06. The molecule has 1 atom stereocenters. The molecule has 1 unspecified atom stereocenters. The standard InChI is InChI=1S/C10H12N2O3/c1-15-7-4-11-9(12-5-7)8(10(13)14)6-2-3-6/h4-6,8H,2-3H2,1H3,(H,13,14). The summed E-state index contributed by atoms with van der Waals surface area (Å²) < 4.78 is 4.91. The van der Waals surface area contributed by atoms with Gasteiger partial charge in [0.25, 0.3) is 0 Å². The maximum absolute atomic E-state index is 11.0. The van der Waals surface area contributed by atoms with Crippen molar-refractivity contribution in [1.29, 1.82) is 0 Å². The van der Waals surface area contributed by atoms with Crippen LogP contribution in [0.3, 0.4) is 0 Å². The summed E-state index contributed by atoms with van der Waals surface area (Å²) in [5.41, 5.74) is 0. The second-order valence-electron chi connectivity index (χ2n) is 3.63. The van der Waals surface area contributed by atoms with E-state index in [9.17, 15) is 4.79 Å². The molecule has 1 aliphatic carbocycles. The summed E-state index contributed by atoms with van der Waals surface area (Å²) in [5.74, 6) is -0.279. The van der Waals surface area contributed by atoms with Crippen LogP contribution in [-0.2, 0) is 4.79 Å². The lowest BCUT2D eigenvalue weighted by molar-refractivity contribution is -0.139. The highest BCUT2D eigenvalue weighted by Gasteiger charge is 2.39. The normalized spacial score (nSPS) is 17.1. The Morgan fingerprint density at radius 3 is 2.53 bits per heavy atom. The van der Waals surface area contributed by atoms with E-state index < -0.39 is 11.9 Å². The number of rotatable bonds is 4. The number of aromatic nitrogens is 2. The third-order valence-corrected chi connectivity index (χ3v) is 2.52. The molecule has 1 fully saturated rings. The minimum absolute atomic E-state index is 0.205. The second kappa shape index (κ2) is 3.84. The smallest absolute Gasteiger partial charge is 0.314 e. The number of hydrogen-bond acceptors (Lipinski definition) is 4. The fourth-order valence-corrected chi connectivity index (χ4v) is 1.54. The quantitative estimate of drug-likeness (QED) is 0.801. The SMILES string of the molecule is COc1cnc(C(C(=O)O)C2CC2)nc1. The van der Waals surface area contributed by atoms with Crippen molar-refractivity contribution >= 4 is 5.97 Å². The maximum Gasteiger partial charge on any atom is 0.314 e. The molecule has 1 aliphatic rings. The van der Waals surface area contributed by atoms with E-state index in [0.29, 0.717) is 11.6 Å². The largest absolute Gasteiger partial charge is 0.494 e. The zero-order chi connectivity index (χ0) is 10.8. The van der Waals surface area contributed by atoms with Gasteiger partial charge in [0.2, 0.25) is 0 Å². The number of nitrogens with zero attached hydrogens (tertiary/aromatic N) is 2. The van der Waals surface area contributed by atoms with Crippen LogP contribution >= 0.6 is 0 Å². The van der Waals surface area contributed by atoms with Gasteiger partial charge in [-0.25, -0.2) is 9.97 Å². The predicted molar refractivity (Wildman–Crippen MR) is 51.7 cm³/mol. The number of ether oxygens (including phenoxy) is 1. The van der Waals surface area contributed by atoms with Crippen molar-refractivity contribution in [3.63, 3.8) is 0 Å². The first kappa shape index (κ1) is 9.89. The first-order valence-electron chi connectivity index (χ1n) is 4.81. The molecule has 0 aliphatic heterocycles. The summed E-state index contributed by atoms with van der Waals surface area (Å²) in [6.45, 7) is 0. The van der Waals surface area contributed by atoms with Gasteiger partial charge in [0, 0.05) is 0 Å². The highest BCUT2D eigenvalue weighted by molar-refractivity contribution is 5.75. The Hall–Kier alpha value is -1.65. The molecule has 15 heavy (non-hydrogen) atoms. The van der Waals surface area contributed by atoms with E-state index in [0.717, 1.165) is 12.8 Å². The van der Waals surface area contributed by atoms with E-state index in [2.05, 4.69) is 9.97 Å². The monoisotopic (exact) mass is 208 g/mol. The number of carboxylic acids is 1. The highest BCUT2D eigenvalue weighted by Crippen LogP contribution is 2.41. The molecule has 0 radical (unpaired) electrons. The summed E-state index contributed by atoms with van der Waals surface area (Å²) in [7, 11) is 1.52. The molecule has 0 spiro atoms. The molecule has 0 bridgehead atoms. The number of aliphatic carboxylic acids is 1. The van der Waals surface area contributed by atoms with Crippen LogP contribution < -0.4 is 4.74 Å². The van der Waals surface area contributed by atoms with Gasteiger partial charge in [-0.05, 0) is 18.8 Å². The molecule has 0 amide bonds. The topological polar surface area (TPSA) is 72.3 Å². The van der Waals surface area contributed by atoms with Crippen LogP contribution in [0.1, 0.15) is 24.6 Å². The molecular formula is C10H12N2O3. The van der Waals surface area contributed by atoms with E-state index in [1.807, 2.05) is 0 Å². The van der Waals surface area contributed by atoms with Crippen LogP contribution in [0.4, 0.5) is 0 Å². The first-order chi connectivity index (χ1) is 7.22. The molecule has 1 aromatic rings. The number of carbonyl (C=O) groups is 1. The van der Waals surface area contributed by atoms with Gasteiger partial charge in [0.15, 0.2) is 5.75 Å². The summed E-state index contributed by atoms with van der Waals surface area (Å²) >= 11 is 0. The Morgan fingerprint density at radius 1 is 1.53 bits per heavy atom. The summed E-state index contributed by atoms with van der Waals surface area (Å²) in [4.78, 5) is 19.1. The summed E-state index contributed by atoms with van der Waals surface area (Å²) in [5, 5.41) is 9.05.